The molecule has 0 N–H and O–H groups in total. The van der Waals surface area contributed by atoms with Gasteiger partial charge in [0.2, 0.25) is 5.91 Å². The minimum absolute atomic E-state index is 0.117. The van der Waals surface area contributed by atoms with Crippen LogP contribution in [-0.4, -0.2) is 16.8 Å². The normalized spacial score (nSPS) is 23.2. The van der Waals surface area contributed by atoms with Crippen molar-refractivity contribution in [1.29, 1.82) is 0 Å². The lowest BCUT2D eigenvalue weighted by atomic mass is 9.79. The minimum Gasteiger partial charge on any atom is -0.312 e. The summed E-state index contributed by atoms with van der Waals surface area (Å²) in [5, 5.41) is 0. The van der Waals surface area contributed by atoms with Crippen LogP contribution in [0, 0.1) is 11.8 Å². The Bertz CT molecular complexity index is 626. The van der Waals surface area contributed by atoms with Crippen LogP contribution in [0.1, 0.15) is 76.8 Å². The Morgan fingerprint density at radius 1 is 1.23 bits per heavy atom. The quantitative estimate of drug-likeness (QED) is 0.496. The van der Waals surface area contributed by atoms with Gasteiger partial charge in [-0.15, -0.1) is 0 Å². The molecule has 0 bridgehead atoms. The van der Waals surface area contributed by atoms with Gasteiger partial charge in [0.15, 0.2) is 0 Å². The van der Waals surface area contributed by atoms with E-state index in [4.69, 9.17) is 0 Å². The molecule has 1 aliphatic carbocycles. The summed E-state index contributed by atoms with van der Waals surface area (Å²) >= 11 is 3.74. The van der Waals surface area contributed by atoms with E-state index >= 15 is 0 Å². The number of unbranched alkanes of at least 4 members (excludes halogenated alkanes) is 1. The van der Waals surface area contributed by atoms with E-state index < -0.39 is 0 Å². The van der Waals surface area contributed by atoms with Crippen LogP contribution in [-0.2, 0) is 17.6 Å². The number of amides is 1. The number of hydrogen-bond acceptors (Lipinski definition) is 1. The molecule has 0 aromatic heterocycles. The molecule has 3 rings (SSSR count). The fraction of sp³-hybridized carbons (Fsp3) is 0.696. The van der Waals surface area contributed by atoms with Gasteiger partial charge in [-0.3, -0.25) is 4.79 Å². The fourth-order valence-electron chi connectivity index (χ4n) is 4.69. The van der Waals surface area contributed by atoms with Crippen molar-refractivity contribution in [3.05, 3.63) is 29.3 Å². The van der Waals surface area contributed by atoms with Gasteiger partial charge in [-0.25, -0.2) is 0 Å². The minimum atomic E-state index is 0.117. The lowest BCUT2D eigenvalue weighted by Gasteiger charge is -2.30. The largest absolute Gasteiger partial charge is 0.312 e. The number of fused-ring (bicyclic) bond motifs is 1. The molecule has 1 fully saturated rings. The van der Waals surface area contributed by atoms with Crippen molar-refractivity contribution in [2.24, 2.45) is 11.8 Å². The van der Waals surface area contributed by atoms with Crippen LogP contribution in [0.25, 0.3) is 0 Å². The molecule has 0 saturated heterocycles. The van der Waals surface area contributed by atoms with Crippen LogP contribution < -0.4 is 4.90 Å². The maximum Gasteiger partial charge on any atom is 0.230 e. The molecule has 0 radical (unpaired) electrons. The number of rotatable bonds is 6. The van der Waals surface area contributed by atoms with E-state index in [0.717, 1.165) is 38.1 Å². The van der Waals surface area contributed by atoms with E-state index in [2.05, 4.69) is 59.8 Å². The lowest BCUT2D eigenvalue weighted by molar-refractivity contribution is -0.123. The third kappa shape index (κ3) is 4.91. The highest BCUT2D eigenvalue weighted by molar-refractivity contribution is 9.10. The van der Waals surface area contributed by atoms with Crippen LogP contribution in [0.5, 0.6) is 0 Å². The number of carbonyl (C=O) groups excluding carboxylic acids is 1. The molecule has 2 aliphatic rings. The molecule has 1 aromatic rings. The van der Waals surface area contributed by atoms with Crippen molar-refractivity contribution in [2.45, 2.75) is 82.9 Å². The zero-order valence-electron chi connectivity index (χ0n) is 16.7. The predicted octanol–water partition coefficient (Wildman–Crippen LogP) is 6.29. The Hall–Kier alpha value is -0.830. The third-order valence-corrected chi connectivity index (χ3v) is 6.37. The molecule has 1 amide bonds. The SMILES string of the molecule is CCCCC1CCC(C(=O)N2CCc3cc(CC(C)(C)Br)ccc32)CC1. The molecule has 0 unspecified atom stereocenters. The zero-order chi connectivity index (χ0) is 18.7. The Morgan fingerprint density at radius 3 is 2.62 bits per heavy atom. The summed E-state index contributed by atoms with van der Waals surface area (Å²) in [6.07, 6.45) is 10.7. The topological polar surface area (TPSA) is 20.3 Å². The van der Waals surface area contributed by atoms with E-state index in [1.807, 2.05) is 0 Å². The molecule has 1 heterocycles. The number of halogens is 1. The van der Waals surface area contributed by atoms with Crippen molar-refractivity contribution < 1.29 is 4.79 Å². The van der Waals surface area contributed by atoms with Gasteiger partial charge in [-0.2, -0.15) is 0 Å². The first-order valence-electron chi connectivity index (χ1n) is 10.5. The molecular formula is C23H34BrNO. The monoisotopic (exact) mass is 419 g/mol. The predicted molar refractivity (Wildman–Crippen MR) is 114 cm³/mol. The van der Waals surface area contributed by atoms with Crippen LogP contribution in [0.2, 0.25) is 0 Å². The van der Waals surface area contributed by atoms with E-state index in [1.54, 1.807) is 0 Å². The lowest BCUT2D eigenvalue weighted by Crippen LogP contribution is -2.36. The Kier molecular flexibility index (Phi) is 6.48. The standard InChI is InChI=1S/C23H34BrNO/c1-4-5-6-17-7-10-19(11-8-17)22(26)25-14-13-20-15-18(9-12-21(20)25)16-23(2,3)24/h9,12,15,17,19H,4-8,10-11,13-14,16H2,1-3H3. The van der Waals surface area contributed by atoms with E-state index in [9.17, 15) is 4.79 Å². The number of alkyl halides is 1. The summed E-state index contributed by atoms with van der Waals surface area (Å²) < 4.78 is 0.117. The van der Waals surface area contributed by atoms with Gasteiger partial charge in [-0.05, 0) is 75.5 Å². The van der Waals surface area contributed by atoms with Crippen molar-refractivity contribution in [3.63, 3.8) is 0 Å². The molecule has 2 nitrogen and oxygen atoms in total. The van der Waals surface area contributed by atoms with Gasteiger partial charge in [0.1, 0.15) is 0 Å². The first-order chi connectivity index (χ1) is 12.4. The highest BCUT2D eigenvalue weighted by atomic mass is 79.9. The second-order valence-electron chi connectivity index (χ2n) is 8.96. The number of nitrogens with zero attached hydrogens (tertiary/aromatic N) is 1. The van der Waals surface area contributed by atoms with Crippen molar-refractivity contribution in [2.75, 3.05) is 11.4 Å². The second-order valence-corrected chi connectivity index (χ2v) is 11.1. The van der Waals surface area contributed by atoms with Crippen LogP contribution >= 0.6 is 15.9 Å². The first-order valence-corrected chi connectivity index (χ1v) is 11.3. The van der Waals surface area contributed by atoms with Crippen molar-refractivity contribution in [3.8, 4) is 0 Å². The summed E-state index contributed by atoms with van der Waals surface area (Å²) in [5.41, 5.74) is 3.87. The van der Waals surface area contributed by atoms with Crippen molar-refractivity contribution in [1.82, 2.24) is 0 Å². The number of anilines is 1. The Labute approximate surface area is 167 Å². The summed E-state index contributed by atoms with van der Waals surface area (Å²) in [6, 6.07) is 6.70. The number of hydrogen-bond donors (Lipinski definition) is 0. The molecule has 0 atom stereocenters. The van der Waals surface area contributed by atoms with Gasteiger partial charge in [0, 0.05) is 22.5 Å². The Morgan fingerprint density at radius 2 is 1.96 bits per heavy atom. The smallest absolute Gasteiger partial charge is 0.230 e. The maximum absolute atomic E-state index is 13.1. The van der Waals surface area contributed by atoms with Crippen LogP contribution in [0.4, 0.5) is 5.69 Å². The fourth-order valence-corrected chi connectivity index (χ4v) is 5.01. The van der Waals surface area contributed by atoms with E-state index in [-0.39, 0.29) is 10.2 Å². The molecular weight excluding hydrogens is 386 g/mol. The van der Waals surface area contributed by atoms with Gasteiger partial charge in [0.05, 0.1) is 0 Å². The van der Waals surface area contributed by atoms with Crippen molar-refractivity contribution >= 4 is 27.5 Å². The molecule has 1 saturated carbocycles. The summed E-state index contributed by atoms with van der Waals surface area (Å²) in [4.78, 5) is 15.2. The third-order valence-electron chi connectivity index (χ3n) is 6.09. The Balaban J connectivity index is 1.61. The average molecular weight is 420 g/mol. The van der Waals surface area contributed by atoms with E-state index in [1.165, 1.54) is 48.9 Å². The van der Waals surface area contributed by atoms with Gasteiger partial charge in [0.25, 0.3) is 0 Å². The summed E-state index contributed by atoms with van der Waals surface area (Å²) in [5.74, 6) is 1.49. The molecule has 3 heteroatoms. The highest BCUT2D eigenvalue weighted by Crippen LogP contribution is 2.37. The first kappa shape index (κ1) is 19.9. The van der Waals surface area contributed by atoms with E-state index in [0.29, 0.717) is 5.91 Å². The number of carbonyl (C=O) groups is 1. The highest BCUT2D eigenvalue weighted by Gasteiger charge is 2.33. The summed E-state index contributed by atoms with van der Waals surface area (Å²) in [6.45, 7) is 7.54. The second kappa shape index (κ2) is 8.46. The molecule has 1 aliphatic heterocycles. The maximum atomic E-state index is 13.1. The number of benzene rings is 1. The van der Waals surface area contributed by atoms with Gasteiger partial charge in [-0.1, -0.05) is 54.2 Å². The van der Waals surface area contributed by atoms with Gasteiger partial charge >= 0.3 is 0 Å². The van der Waals surface area contributed by atoms with Crippen LogP contribution in [0.3, 0.4) is 0 Å². The van der Waals surface area contributed by atoms with Gasteiger partial charge < -0.3 is 4.90 Å². The zero-order valence-corrected chi connectivity index (χ0v) is 18.3. The molecule has 0 spiro atoms. The average Bonchev–Trinajstić information content (AvgIpc) is 3.01. The molecule has 144 valence electrons. The summed E-state index contributed by atoms with van der Waals surface area (Å²) in [7, 11) is 0. The molecule has 1 aromatic carbocycles. The molecule has 26 heavy (non-hydrogen) atoms. The van der Waals surface area contributed by atoms with Crippen LogP contribution in [0.15, 0.2) is 18.2 Å².